The number of thioether (sulfide) groups is 1. The Hall–Kier alpha value is -1.26. The highest BCUT2D eigenvalue weighted by Gasteiger charge is 2.04. The zero-order valence-corrected chi connectivity index (χ0v) is 9.25. The van der Waals surface area contributed by atoms with Crippen molar-refractivity contribution >= 4 is 11.8 Å². The van der Waals surface area contributed by atoms with Gasteiger partial charge in [0.2, 0.25) is 0 Å². The molecule has 0 amide bonds. The van der Waals surface area contributed by atoms with E-state index in [1.54, 1.807) is 11.8 Å². The van der Waals surface area contributed by atoms with E-state index in [4.69, 9.17) is 10.3 Å². The van der Waals surface area contributed by atoms with Gasteiger partial charge in [0.1, 0.15) is 5.69 Å². The predicted molar refractivity (Wildman–Crippen MR) is 61.6 cm³/mol. The maximum atomic E-state index is 5.45. The SMILES string of the molecule is CSc1ccc(-c2cc(CN)on2)cc1. The van der Waals surface area contributed by atoms with E-state index in [-0.39, 0.29) is 0 Å². The van der Waals surface area contributed by atoms with Crippen molar-refractivity contribution in [3.05, 3.63) is 36.1 Å². The number of nitrogens with zero attached hydrogens (tertiary/aromatic N) is 1. The molecular formula is C11H12N2OS. The molecule has 0 fully saturated rings. The van der Waals surface area contributed by atoms with E-state index in [1.807, 2.05) is 18.2 Å². The van der Waals surface area contributed by atoms with Gasteiger partial charge in [-0.25, -0.2) is 0 Å². The lowest BCUT2D eigenvalue weighted by Crippen LogP contribution is -1.92. The lowest BCUT2D eigenvalue weighted by atomic mass is 10.1. The summed E-state index contributed by atoms with van der Waals surface area (Å²) >= 11 is 1.72. The summed E-state index contributed by atoms with van der Waals surface area (Å²) in [5.41, 5.74) is 7.34. The average molecular weight is 220 g/mol. The van der Waals surface area contributed by atoms with Crippen LogP contribution in [0.3, 0.4) is 0 Å². The number of rotatable bonds is 3. The number of aromatic nitrogens is 1. The third kappa shape index (κ3) is 2.22. The second kappa shape index (κ2) is 4.51. The molecule has 0 saturated heterocycles. The van der Waals surface area contributed by atoms with Gasteiger partial charge in [-0.15, -0.1) is 11.8 Å². The Bertz CT molecular complexity index is 436. The van der Waals surface area contributed by atoms with Gasteiger partial charge in [-0.3, -0.25) is 0 Å². The fourth-order valence-corrected chi connectivity index (χ4v) is 1.72. The molecule has 2 rings (SSSR count). The minimum Gasteiger partial charge on any atom is -0.359 e. The highest BCUT2D eigenvalue weighted by molar-refractivity contribution is 7.98. The summed E-state index contributed by atoms with van der Waals surface area (Å²) < 4.78 is 5.04. The van der Waals surface area contributed by atoms with Crippen molar-refractivity contribution in [3.8, 4) is 11.3 Å². The standard InChI is InChI=1S/C11H12N2OS/c1-15-10-4-2-8(3-5-10)11-6-9(7-12)14-13-11/h2-6H,7,12H2,1H3. The van der Waals surface area contributed by atoms with Crippen LogP contribution in [-0.2, 0) is 6.54 Å². The van der Waals surface area contributed by atoms with Crippen LogP contribution in [0.1, 0.15) is 5.76 Å². The number of nitrogens with two attached hydrogens (primary N) is 1. The summed E-state index contributed by atoms with van der Waals surface area (Å²) in [6.45, 7) is 0.385. The van der Waals surface area contributed by atoms with Gasteiger partial charge in [0.05, 0.1) is 6.54 Å². The molecule has 0 bridgehead atoms. The largest absolute Gasteiger partial charge is 0.359 e. The van der Waals surface area contributed by atoms with Crippen LogP contribution in [0.2, 0.25) is 0 Å². The summed E-state index contributed by atoms with van der Waals surface area (Å²) in [5.74, 6) is 0.707. The third-order valence-electron chi connectivity index (χ3n) is 2.15. The molecule has 2 N–H and O–H groups in total. The molecule has 0 radical (unpaired) electrons. The summed E-state index contributed by atoms with van der Waals surface area (Å²) in [6.07, 6.45) is 2.05. The normalized spacial score (nSPS) is 10.5. The molecule has 1 aromatic carbocycles. The van der Waals surface area contributed by atoms with Gasteiger partial charge in [-0.1, -0.05) is 17.3 Å². The number of hydrogen-bond acceptors (Lipinski definition) is 4. The maximum Gasteiger partial charge on any atom is 0.150 e. The maximum absolute atomic E-state index is 5.45. The Kier molecular flexibility index (Phi) is 3.08. The quantitative estimate of drug-likeness (QED) is 0.807. The van der Waals surface area contributed by atoms with E-state index in [1.165, 1.54) is 4.90 Å². The zero-order valence-electron chi connectivity index (χ0n) is 8.43. The fraction of sp³-hybridized carbons (Fsp3) is 0.182. The molecular weight excluding hydrogens is 208 g/mol. The molecule has 4 heteroatoms. The van der Waals surface area contributed by atoms with Crippen molar-refractivity contribution in [1.82, 2.24) is 5.16 Å². The Morgan fingerprint density at radius 3 is 2.60 bits per heavy atom. The van der Waals surface area contributed by atoms with Crippen LogP contribution in [0.15, 0.2) is 39.8 Å². The summed E-state index contributed by atoms with van der Waals surface area (Å²) in [4.78, 5) is 1.24. The molecule has 3 nitrogen and oxygen atoms in total. The minimum atomic E-state index is 0.385. The van der Waals surface area contributed by atoms with E-state index in [0.29, 0.717) is 12.3 Å². The van der Waals surface area contributed by atoms with Crippen LogP contribution in [0.25, 0.3) is 11.3 Å². The van der Waals surface area contributed by atoms with Crippen LogP contribution in [-0.4, -0.2) is 11.4 Å². The lowest BCUT2D eigenvalue weighted by Gasteiger charge is -1.97. The molecule has 0 spiro atoms. The fourth-order valence-electron chi connectivity index (χ4n) is 1.31. The van der Waals surface area contributed by atoms with Crippen molar-refractivity contribution in [2.75, 3.05) is 6.26 Å². The van der Waals surface area contributed by atoms with Crippen LogP contribution in [0.4, 0.5) is 0 Å². The summed E-state index contributed by atoms with van der Waals surface area (Å²) in [7, 11) is 0. The first-order chi connectivity index (χ1) is 7.33. The van der Waals surface area contributed by atoms with Crippen molar-refractivity contribution in [1.29, 1.82) is 0 Å². The molecule has 1 aromatic heterocycles. The molecule has 0 unspecified atom stereocenters. The monoisotopic (exact) mass is 220 g/mol. The van der Waals surface area contributed by atoms with E-state index in [0.717, 1.165) is 11.3 Å². The van der Waals surface area contributed by atoms with Crippen LogP contribution in [0, 0.1) is 0 Å². The van der Waals surface area contributed by atoms with Crippen molar-refractivity contribution < 1.29 is 4.52 Å². The van der Waals surface area contributed by atoms with Gasteiger partial charge >= 0.3 is 0 Å². The first-order valence-electron chi connectivity index (χ1n) is 4.63. The molecule has 78 valence electrons. The summed E-state index contributed by atoms with van der Waals surface area (Å²) in [5, 5.41) is 3.95. The second-order valence-corrected chi connectivity index (χ2v) is 3.99. The minimum absolute atomic E-state index is 0.385. The van der Waals surface area contributed by atoms with Gasteiger partial charge in [0, 0.05) is 16.5 Å². The Balaban J connectivity index is 2.28. The molecule has 0 saturated carbocycles. The van der Waals surface area contributed by atoms with Crippen molar-refractivity contribution in [3.63, 3.8) is 0 Å². The lowest BCUT2D eigenvalue weighted by molar-refractivity contribution is 0.387. The second-order valence-electron chi connectivity index (χ2n) is 3.11. The van der Waals surface area contributed by atoms with Crippen LogP contribution >= 0.6 is 11.8 Å². The van der Waals surface area contributed by atoms with Gasteiger partial charge in [0.15, 0.2) is 5.76 Å². The molecule has 0 atom stereocenters. The predicted octanol–water partition coefficient (Wildman–Crippen LogP) is 2.52. The van der Waals surface area contributed by atoms with Gasteiger partial charge in [-0.05, 0) is 18.4 Å². The molecule has 15 heavy (non-hydrogen) atoms. The van der Waals surface area contributed by atoms with Gasteiger partial charge in [-0.2, -0.15) is 0 Å². The smallest absolute Gasteiger partial charge is 0.150 e. The Labute approximate surface area is 92.6 Å². The van der Waals surface area contributed by atoms with E-state index in [9.17, 15) is 0 Å². The molecule has 2 aromatic rings. The van der Waals surface area contributed by atoms with Crippen molar-refractivity contribution in [2.45, 2.75) is 11.4 Å². The highest BCUT2D eigenvalue weighted by atomic mass is 32.2. The molecule has 0 aliphatic heterocycles. The van der Waals surface area contributed by atoms with Gasteiger partial charge in [0.25, 0.3) is 0 Å². The van der Waals surface area contributed by atoms with Crippen molar-refractivity contribution in [2.24, 2.45) is 5.73 Å². The first kappa shape index (κ1) is 10.3. The van der Waals surface area contributed by atoms with E-state index in [2.05, 4.69) is 23.5 Å². The van der Waals surface area contributed by atoms with Crippen LogP contribution in [0.5, 0.6) is 0 Å². The van der Waals surface area contributed by atoms with Gasteiger partial charge < -0.3 is 10.3 Å². The number of benzene rings is 1. The van der Waals surface area contributed by atoms with Crippen LogP contribution < -0.4 is 5.73 Å². The van der Waals surface area contributed by atoms with E-state index >= 15 is 0 Å². The summed E-state index contributed by atoms with van der Waals surface area (Å²) in [6, 6.07) is 10.1. The molecule has 1 heterocycles. The zero-order chi connectivity index (χ0) is 10.7. The number of hydrogen-bond donors (Lipinski definition) is 1. The third-order valence-corrected chi connectivity index (χ3v) is 2.89. The highest BCUT2D eigenvalue weighted by Crippen LogP contribution is 2.22. The first-order valence-corrected chi connectivity index (χ1v) is 5.86. The topological polar surface area (TPSA) is 52.0 Å². The Morgan fingerprint density at radius 1 is 1.33 bits per heavy atom. The average Bonchev–Trinajstić information content (AvgIpc) is 2.78. The van der Waals surface area contributed by atoms with E-state index < -0.39 is 0 Å². The molecule has 0 aliphatic rings. The molecule has 0 aliphatic carbocycles. The Morgan fingerprint density at radius 2 is 2.07 bits per heavy atom.